The third kappa shape index (κ3) is 2.55. The quantitative estimate of drug-likeness (QED) is 0.625. The molecule has 4 aromatic rings. The number of aryl methyl sites for hydroxylation is 3. The highest BCUT2D eigenvalue weighted by atomic mass is 19.1. The van der Waals surface area contributed by atoms with Crippen molar-refractivity contribution in [1.82, 2.24) is 14.1 Å². The van der Waals surface area contributed by atoms with E-state index in [4.69, 9.17) is 0 Å². The van der Waals surface area contributed by atoms with Gasteiger partial charge in [0.25, 0.3) is 5.56 Å². The van der Waals surface area contributed by atoms with E-state index in [9.17, 15) is 14.3 Å². The first-order chi connectivity index (χ1) is 12.0. The van der Waals surface area contributed by atoms with E-state index in [0.29, 0.717) is 29.4 Å². The number of phenols is 1. The lowest BCUT2D eigenvalue weighted by Crippen LogP contribution is -2.22. The number of halogens is 1. The molecular formula is C19H16FN3O2. The molecule has 126 valence electrons. The van der Waals surface area contributed by atoms with Gasteiger partial charge >= 0.3 is 0 Å². The van der Waals surface area contributed by atoms with Gasteiger partial charge in [-0.25, -0.2) is 9.37 Å². The second kappa shape index (κ2) is 5.73. The molecule has 6 heteroatoms. The normalized spacial score (nSPS) is 11.4. The van der Waals surface area contributed by atoms with Crippen molar-refractivity contribution in [2.24, 2.45) is 7.05 Å². The highest BCUT2D eigenvalue weighted by Gasteiger charge is 2.14. The van der Waals surface area contributed by atoms with Crippen LogP contribution in [0.1, 0.15) is 5.56 Å². The van der Waals surface area contributed by atoms with Crippen molar-refractivity contribution >= 4 is 21.9 Å². The molecule has 0 aliphatic rings. The number of benzene rings is 2. The zero-order valence-electron chi connectivity index (χ0n) is 13.6. The molecule has 5 nitrogen and oxygen atoms in total. The molecule has 25 heavy (non-hydrogen) atoms. The van der Waals surface area contributed by atoms with Crippen LogP contribution >= 0.6 is 0 Å². The Morgan fingerprint density at radius 3 is 2.68 bits per heavy atom. The van der Waals surface area contributed by atoms with Crippen LogP contribution in [-0.4, -0.2) is 19.2 Å². The Bertz CT molecular complexity index is 1140. The number of hydrogen-bond acceptors (Lipinski definition) is 3. The molecule has 0 aliphatic carbocycles. The zero-order chi connectivity index (χ0) is 17.6. The third-order valence-corrected chi connectivity index (χ3v) is 4.50. The first-order valence-corrected chi connectivity index (χ1v) is 7.95. The minimum absolute atomic E-state index is 0.150. The summed E-state index contributed by atoms with van der Waals surface area (Å²) in [5, 5.41) is 9.97. The van der Waals surface area contributed by atoms with Crippen LogP contribution in [0.3, 0.4) is 0 Å². The van der Waals surface area contributed by atoms with Crippen molar-refractivity contribution < 1.29 is 9.50 Å². The van der Waals surface area contributed by atoms with Crippen molar-refractivity contribution in [3.05, 3.63) is 70.5 Å². The van der Waals surface area contributed by atoms with Gasteiger partial charge in [-0.3, -0.25) is 9.36 Å². The van der Waals surface area contributed by atoms with E-state index in [1.807, 2.05) is 12.1 Å². The summed E-state index contributed by atoms with van der Waals surface area (Å²) in [5.74, 6) is -0.134. The van der Waals surface area contributed by atoms with Crippen LogP contribution < -0.4 is 5.56 Å². The summed E-state index contributed by atoms with van der Waals surface area (Å²) >= 11 is 0. The molecule has 0 aliphatic heterocycles. The molecule has 0 amide bonds. The molecule has 2 heterocycles. The molecule has 2 aromatic heterocycles. The molecular weight excluding hydrogens is 321 g/mol. The van der Waals surface area contributed by atoms with Gasteiger partial charge in [0.1, 0.15) is 22.6 Å². The van der Waals surface area contributed by atoms with E-state index in [0.717, 1.165) is 11.1 Å². The second-order valence-corrected chi connectivity index (χ2v) is 6.08. The van der Waals surface area contributed by atoms with E-state index in [1.165, 1.54) is 18.5 Å². The molecule has 0 bridgehead atoms. The van der Waals surface area contributed by atoms with Gasteiger partial charge < -0.3 is 9.67 Å². The van der Waals surface area contributed by atoms with Gasteiger partial charge in [-0.15, -0.1) is 0 Å². The number of rotatable bonds is 3. The minimum atomic E-state index is -0.349. The van der Waals surface area contributed by atoms with Gasteiger partial charge in [-0.1, -0.05) is 12.1 Å². The summed E-state index contributed by atoms with van der Waals surface area (Å²) in [7, 11) is 1.79. The standard InChI is InChI=1S/C19H16FN3O2/c1-22-16-7-4-13(20)10-15(16)17-18(22)19(25)23(11-21-17)9-8-12-2-5-14(24)6-3-12/h2-7,10-11,24H,8-9H2,1H3. The van der Waals surface area contributed by atoms with Crippen molar-refractivity contribution in [1.29, 1.82) is 0 Å². The van der Waals surface area contributed by atoms with E-state index in [-0.39, 0.29) is 17.1 Å². The lowest BCUT2D eigenvalue weighted by Gasteiger charge is -2.06. The van der Waals surface area contributed by atoms with Gasteiger partial charge in [0.05, 0.1) is 11.8 Å². The fourth-order valence-corrected chi connectivity index (χ4v) is 3.16. The van der Waals surface area contributed by atoms with Crippen LogP contribution in [0.2, 0.25) is 0 Å². The van der Waals surface area contributed by atoms with E-state index in [1.54, 1.807) is 34.4 Å². The third-order valence-electron chi connectivity index (χ3n) is 4.50. The SMILES string of the molecule is Cn1c2ccc(F)cc2c2ncn(CCc3ccc(O)cc3)c(=O)c21. The predicted octanol–water partition coefficient (Wildman–Crippen LogP) is 2.98. The van der Waals surface area contributed by atoms with Crippen molar-refractivity contribution in [2.45, 2.75) is 13.0 Å². The summed E-state index contributed by atoms with van der Waals surface area (Å²) in [4.78, 5) is 17.2. The molecule has 0 atom stereocenters. The predicted molar refractivity (Wildman–Crippen MR) is 94.2 cm³/mol. The zero-order valence-corrected chi connectivity index (χ0v) is 13.6. The topological polar surface area (TPSA) is 60.1 Å². The maximum atomic E-state index is 13.6. The number of aromatic nitrogens is 3. The summed E-state index contributed by atoms with van der Waals surface area (Å²) < 4.78 is 16.9. The Hall–Kier alpha value is -3.15. The Morgan fingerprint density at radius 2 is 1.92 bits per heavy atom. The van der Waals surface area contributed by atoms with Crippen LogP contribution in [0.4, 0.5) is 4.39 Å². The lowest BCUT2D eigenvalue weighted by molar-refractivity contribution is 0.475. The largest absolute Gasteiger partial charge is 0.508 e. The first kappa shape index (κ1) is 15.4. The van der Waals surface area contributed by atoms with Gasteiger partial charge in [-0.05, 0) is 42.3 Å². The number of phenolic OH excluding ortho intramolecular Hbond substituents is 1. The van der Waals surface area contributed by atoms with Gasteiger partial charge in [-0.2, -0.15) is 0 Å². The number of nitrogens with zero attached hydrogens (tertiary/aromatic N) is 3. The molecule has 1 N–H and O–H groups in total. The molecule has 0 unspecified atom stereocenters. The lowest BCUT2D eigenvalue weighted by atomic mass is 10.1. The second-order valence-electron chi connectivity index (χ2n) is 6.08. The molecule has 0 fully saturated rings. The smallest absolute Gasteiger partial charge is 0.277 e. The highest BCUT2D eigenvalue weighted by molar-refractivity contribution is 6.05. The molecule has 0 radical (unpaired) electrons. The summed E-state index contributed by atoms with van der Waals surface area (Å²) in [6, 6.07) is 11.3. The van der Waals surface area contributed by atoms with Gasteiger partial charge in [0.15, 0.2) is 0 Å². The number of aromatic hydroxyl groups is 1. The van der Waals surface area contributed by atoms with Gasteiger partial charge in [0.2, 0.25) is 0 Å². The maximum absolute atomic E-state index is 13.6. The molecule has 2 aromatic carbocycles. The number of hydrogen-bond donors (Lipinski definition) is 1. The average Bonchev–Trinajstić information content (AvgIpc) is 2.88. The Morgan fingerprint density at radius 1 is 1.16 bits per heavy atom. The fourth-order valence-electron chi connectivity index (χ4n) is 3.16. The monoisotopic (exact) mass is 337 g/mol. The van der Waals surface area contributed by atoms with Crippen LogP contribution in [-0.2, 0) is 20.0 Å². The maximum Gasteiger partial charge on any atom is 0.277 e. The van der Waals surface area contributed by atoms with Crippen molar-refractivity contribution in [3.63, 3.8) is 0 Å². The minimum Gasteiger partial charge on any atom is -0.508 e. The Kier molecular flexibility index (Phi) is 3.53. The fraction of sp³-hybridized carbons (Fsp3) is 0.158. The Labute approximate surface area is 142 Å². The molecule has 0 saturated carbocycles. The van der Waals surface area contributed by atoms with Crippen LogP contribution in [0, 0.1) is 5.82 Å². The van der Waals surface area contributed by atoms with E-state index < -0.39 is 0 Å². The average molecular weight is 337 g/mol. The summed E-state index contributed by atoms with van der Waals surface area (Å²) in [6.07, 6.45) is 2.15. The van der Waals surface area contributed by atoms with Crippen LogP contribution in [0.5, 0.6) is 5.75 Å². The van der Waals surface area contributed by atoms with Crippen molar-refractivity contribution in [2.75, 3.05) is 0 Å². The van der Waals surface area contributed by atoms with Crippen molar-refractivity contribution in [3.8, 4) is 5.75 Å². The van der Waals surface area contributed by atoms with E-state index >= 15 is 0 Å². The first-order valence-electron chi connectivity index (χ1n) is 7.95. The van der Waals surface area contributed by atoms with Gasteiger partial charge in [0, 0.05) is 19.0 Å². The summed E-state index contributed by atoms with van der Waals surface area (Å²) in [6.45, 7) is 0.475. The van der Waals surface area contributed by atoms with Crippen LogP contribution in [0.25, 0.3) is 21.9 Å². The van der Waals surface area contributed by atoms with Crippen LogP contribution in [0.15, 0.2) is 53.6 Å². The van der Waals surface area contributed by atoms with E-state index in [2.05, 4.69) is 4.98 Å². The number of fused-ring (bicyclic) bond motifs is 3. The summed E-state index contributed by atoms with van der Waals surface area (Å²) in [5.41, 5.74) is 2.63. The molecule has 0 spiro atoms. The highest BCUT2D eigenvalue weighted by Crippen LogP contribution is 2.24. The Balaban J connectivity index is 1.77. The molecule has 0 saturated heterocycles. The molecule has 4 rings (SSSR count).